The van der Waals surface area contributed by atoms with Gasteiger partial charge in [-0.2, -0.15) is 0 Å². The van der Waals surface area contributed by atoms with E-state index in [4.69, 9.17) is 5.73 Å². The van der Waals surface area contributed by atoms with Crippen molar-refractivity contribution in [2.24, 2.45) is 5.73 Å². The fourth-order valence-corrected chi connectivity index (χ4v) is 3.02. The Balaban J connectivity index is 1.52. The highest BCUT2D eigenvalue weighted by molar-refractivity contribution is 5.18. The largest absolute Gasteiger partial charge is 0.324 e. The molecule has 3 heteroatoms. The summed E-state index contributed by atoms with van der Waals surface area (Å²) in [5.74, 6) is 0. The van der Waals surface area contributed by atoms with E-state index in [2.05, 4.69) is 47.1 Å². The average molecular weight is 259 g/mol. The topological polar surface area (TPSA) is 32.5 Å². The molecule has 3 rings (SSSR count). The van der Waals surface area contributed by atoms with Gasteiger partial charge in [-0.1, -0.05) is 30.3 Å². The van der Waals surface area contributed by atoms with Crippen LogP contribution < -0.4 is 5.73 Å². The van der Waals surface area contributed by atoms with Gasteiger partial charge in [-0.15, -0.1) is 0 Å². The van der Waals surface area contributed by atoms with Crippen LogP contribution in [-0.2, 0) is 0 Å². The maximum Gasteiger partial charge on any atom is 0.0320 e. The number of nitrogens with two attached hydrogens (primary N) is 1. The molecule has 2 N–H and O–H groups in total. The molecule has 0 bridgehead atoms. The molecule has 1 unspecified atom stereocenters. The molecule has 1 saturated heterocycles. The second-order valence-corrected chi connectivity index (χ2v) is 6.26. The zero-order chi connectivity index (χ0) is 13.3. The van der Waals surface area contributed by atoms with Gasteiger partial charge in [0.25, 0.3) is 0 Å². The van der Waals surface area contributed by atoms with E-state index in [1.165, 1.54) is 18.4 Å². The first kappa shape index (κ1) is 13.1. The molecular weight excluding hydrogens is 234 g/mol. The van der Waals surface area contributed by atoms with Gasteiger partial charge in [0.15, 0.2) is 0 Å². The first-order valence-electron chi connectivity index (χ1n) is 7.47. The molecule has 1 aromatic carbocycles. The molecule has 19 heavy (non-hydrogen) atoms. The lowest BCUT2D eigenvalue weighted by molar-refractivity contribution is 0.0964. The monoisotopic (exact) mass is 259 g/mol. The van der Waals surface area contributed by atoms with Gasteiger partial charge in [-0.25, -0.2) is 0 Å². The molecule has 0 aromatic heterocycles. The number of rotatable bonds is 4. The quantitative estimate of drug-likeness (QED) is 0.896. The molecule has 1 atom stereocenters. The summed E-state index contributed by atoms with van der Waals surface area (Å²) in [5.41, 5.74) is 7.79. The molecule has 1 aliphatic heterocycles. The van der Waals surface area contributed by atoms with E-state index in [1.807, 2.05) is 0 Å². The first-order valence-corrected chi connectivity index (χ1v) is 7.47. The predicted octanol–water partition coefficient (Wildman–Crippen LogP) is 1.86. The minimum atomic E-state index is 0.160. The van der Waals surface area contributed by atoms with Crippen molar-refractivity contribution in [1.29, 1.82) is 0 Å². The number of piperazine rings is 1. The van der Waals surface area contributed by atoms with E-state index in [-0.39, 0.29) is 5.54 Å². The Kier molecular flexibility index (Phi) is 3.61. The van der Waals surface area contributed by atoms with E-state index >= 15 is 0 Å². The van der Waals surface area contributed by atoms with Crippen LogP contribution in [0.1, 0.15) is 31.4 Å². The van der Waals surface area contributed by atoms with Crippen LogP contribution in [0.4, 0.5) is 0 Å². The standard InChI is InChI=1S/C16H25N3/c1-14(15-5-3-2-4-6-15)19-11-9-18(10-12-19)13-16(17)7-8-16/h2-6,14H,7-13,17H2,1H3. The van der Waals surface area contributed by atoms with Gasteiger partial charge in [0, 0.05) is 44.3 Å². The minimum Gasteiger partial charge on any atom is -0.324 e. The van der Waals surface area contributed by atoms with Crippen LogP contribution in [0.2, 0.25) is 0 Å². The van der Waals surface area contributed by atoms with Crippen molar-refractivity contribution >= 4 is 0 Å². The molecule has 0 amide bonds. The molecule has 1 aliphatic carbocycles. The predicted molar refractivity (Wildman–Crippen MR) is 79.0 cm³/mol. The first-order chi connectivity index (χ1) is 9.16. The van der Waals surface area contributed by atoms with E-state index in [1.54, 1.807) is 0 Å². The third-order valence-electron chi connectivity index (χ3n) is 4.67. The van der Waals surface area contributed by atoms with E-state index in [0.29, 0.717) is 6.04 Å². The molecular formula is C16H25N3. The van der Waals surface area contributed by atoms with Gasteiger partial charge in [0.1, 0.15) is 0 Å². The highest BCUT2D eigenvalue weighted by atomic mass is 15.3. The molecule has 0 spiro atoms. The Morgan fingerprint density at radius 1 is 1.11 bits per heavy atom. The summed E-state index contributed by atoms with van der Waals surface area (Å²) in [6.45, 7) is 8.06. The summed E-state index contributed by atoms with van der Waals surface area (Å²) < 4.78 is 0. The van der Waals surface area contributed by atoms with Gasteiger partial charge in [0.2, 0.25) is 0 Å². The second kappa shape index (κ2) is 5.23. The number of nitrogens with zero attached hydrogens (tertiary/aromatic N) is 2. The molecule has 0 radical (unpaired) electrons. The van der Waals surface area contributed by atoms with Crippen molar-refractivity contribution in [2.75, 3.05) is 32.7 Å². The minimum absolute atomic E-state index is 0.160. The third-order valence-corrected chi connectivity index (χ3v) is 4.67. The normalized spacial score (nSPS) is 25.2. The van der Waals surface area contributed by atoms with Gasteiger partial charge < -0.3 is 5.73 Å². The van der Waals surface area contributed by atoms with Crippen molar-refractivity contribution in [3.8, 4) is 0 Å². The zero-order valence-corrected chi connectivity index (χ0v) is 11.9. The van der Waals surface area contributed by atoms with Crippen LogP contribution in [0.15, 0.2) is 30.3 Å². The fraction of sp³-hybridized carbons (Fsp3) is 0.625. The zero-order valence-electron chi connectivity index (χ0n) is 11.9. The molecule has 104 valence electrons. The Bertz CT molecular complexity index is 405. The maximum absolute atomic E-state index is 6.21. The summed E-state index contributed by atoms with van der Waals surface area (Å²) in [6.07, 6.45) is 2.43. The lowest BCUT2D eigenvalue weighted by Gasteiger charge is -2.39. The highest BCUT2D eigenvalue weighted by Gasteiger charge is 2.40. The van der Waals surface area contributed by atoms with Gasteiger partial charge in [0.05, 0.1) is 0 Å². The summed E-state index contributed by atoms with van der Waals surface area (Å²) in [5, 5.41) is 0. The molecule has 3 nitrogen and oxygen atoms in total. The fourth-order valence-electron chi connectivity index (χ4n) is 3.02. The molecule has 1 heterocycles. The number of benzene rings is 1. The van der Waals surface area contributed by atoms with E-state index in [0.717, 1.165) is 32.7 Å². The Morgan fingerprint density at radius 2 is 1.74 bits per heavy atom. The highest BCUT2D eigenvalue weighted by Crippen LogP contribution is 2.33. The van der Waals surface area contributed by atoms with Gasteiger partial charge in [-0.3, -0.25) is 9.80 Å². The summed E-state index contributed by atoms with van der Waals surface area (Å²) in [6, 6.07) is 11.3. The van der Waals surface area contributed by atoms with Crippen LogP contribution in [0.3, 0.4) is 0 Å². The van der Waals surface area contributed by atoms with Gasteiger partial charge in [-0.05, 0) is 25.3 Å². The van der Waals surface area contributed by atoms with E-state index < -0.39 is 0 Å². The SMILES string of the molecule is CC(c1ccccc1)N1CCN(CC2(N)CC2)CC1. The molecule has 1 aromatic rings. The summed E-state index contributed by atoms with van der Waals surface area (Å²) in [4.78, 5) is 5.13. The summed E-state index contributed by atoms with van der Waals surface area (Å²) in [7, 11) is 0. The van der Waals surface area contributed by atoms with Crippen molar-refractivity contribution in [3.05, 3.63) is 35.9 Å². The summed E-state index contributed by atoms with van der Waals surface area (Å²) >= 11 is 0. The lowest BCUT2D eigenvalue weighted by Crippen LogP contribution is -2.51. The van der Waals surface area contributed by atoms with Crippen molar-refractivity contribution in [3.63, 3.8) is 0 Å². The smallest absolute Gasteiger partial charge is 0.0320 e. The maximum atomic E-state index is 6.21. The molecule has 1 saturated carbocycles. The number of hydrogen-bond donors (Lipinski definition) is 1. The Morgan fingerprint density at radius 3 is 2.32 bits per heavy atom. The third kappa shape index (κ3) is 3.16. The van der Waals surface area contributed by atoms with Crippen LogP contribution in [0.5, 0.6) is 0 Å². The van der Waals surface area contributed by atoms with Gasteiger partial charge >= 0.3 is 0 Å². The van der Waals surface area contributed by atoms with Crippen LogP contribution in [0, 0.1) is 0 Å². The molecule has 2 aliphatic rings. The second-order valence-electron chi connectivity index (χ2n) is 6.26. The van der Waals surface area contributed by atoms with Crippen LogP contribution in [-0.4, -0.2) is 48.1 Å². The van der Waals surface area contributed by atoms with Crippen molar-refractivity contribution in [2.45, 2.75) is 31.3 Å². The van der Waals surface area contributed by atoms with Crippen molar-refractivity contribution in [1.82, 2.24) is 9.80 Å². The average Bonchev–Trinajstić information content (AvgIpc) is 3.17. The number of hydrogen-bond acceptors (Lipinski definition) is 3. The van der Waals surface area contributed by atoms with Crippen LogP contribution >= 0.6 is 0 Å². The van der Waals surface area contributed by atoms with Crippen LogP contribution in [0.25, 0.3) is 0 Å². The molecule has 2 fully saturated rings. The Hall–Kier alpha value is -0.900. The van der Waals surface area contributed by atoms with E-state index in [9.17, 15) is 0 Å². The van der Waals surface area contributed by atoms with Crippen molar-refractivity contribution < 1.29 is 0 Å². The Labute approximate surface area is 116 Å². The lowest BCUT2D eigenvalue weighted by atomic mass is 10.1.